The summed E-state index contributed by atoms with van der Waals surface area (Å²) in [7, 11) is 0. The third-order valence-corrected chi connectivity index (χ3v) is 5.87. The zero-order chi connectivity index (χ0) is 18.8. The van der Waals surface area contributed by atoms with Crippen LogP contribution in [0.25, 0.3) is 10.2 Å². The summed E-state index contributed by atoms with van der Waals surface area (Å²) in [6.45, 7) is 0.701. The number of para-hydroxylation sites is 1. The van der Waals surface area contributed by atoms with Crippen LogP contribution in [0.1, 0.15) is 40.7 Å². The lowest BCUT2D eigenvalue weighted by atomic mass is 10.0. The number of amides is 3. The number of fused-ring (bicyclic) bond motifs is 1. The number of piperidine rings is 1. The van der Waals surface area contributed by atoms with Gasteiger partial charge in [0.2, 0.25) is 0 Å². The molecule has 0 radical (unpaired) electrons. The molecular formula is C20H20N4O2S. The summed E-state index contributed by atoms with van der Waals surface area (Å²) in [6, 6.07) is 14.3. The molecule has 1 aromatic heterocycles. The van der Waals surface area contributed by atoms with Crippen molar-refractivity contribution in [3.63, 3.8) is 0 Å². The van der Waals surface area contributed by atoms with E-state index in [1.165, 1.54) is 0 Å². The van der Waals surface area contributed by atoms with Gasteiger partial charge in [-0.05, 0) is 49.6 Å². The van der Waals surface area contributed by atoms with E-state index in [0.29, 0.717) is 17.8 Å². The van der Waals surface area contributed by atoms with Crippen molar-refractivity contribution in [3.8, 4) is 0 Å². The van der Waals surface area contributed by atoms with Gasteiger partial charge in [-0.2, -0.15) is 0 Å². The topological polar surface area (TPSA) is 88.3 Å². The number of rotatable bonds is 3. The van der Waals surface area contributed by atoms with Crippen LogP contribution in [-0.4, -0.2) is 28.4 Å². The standard InChI is InChI=1S/C20H20N4O2S/c21-20(26)22-14-7-5-6-13(12-14)19(25)24-11-4-3-9-16(24)18-23-15-8-1-2-10-17(15)27-18/h1-2,5-8,10,12,16H,3-4,9,11H2,(H3,21,22,26). The molecule has 6 nitrogen and oxygen atoms in total. The van der Waals surface area contributed by atoms with Gasteiger partial charge in [0, 0.05) is 17.8 Å². The monoisotopic (exact) mass is 380 g/mol. The molecule has 3 aromatic rings. The average molecular weight is 380 g/mol. The van der Waals surface area contributed by atoms with Crippen molar-refractivity contribution in [3.05, 3.63) is 59.1 Å². The molecule has 1 fully saturated rings. The van der Waals surface area contributed by atoms with Crippen LogP contribution in [0.2, 0.25) is 0 Å². The predicted octanol–water partition coefficient (Wildman–Crippen LogP) is 4.15. The first kappa shape index (κ1) is 17.5. The van der Waals surface area contributed by atoms with E-state index in [0.717, 1.165) is 34.5 Å². The van der Waals surface area contributed by atoms with Gasteiger partial charge >= 0.3 is 6.03 Å². The molecule has 1 aliphatic heterocycles. The Hall–Kier alpha value is -2.93. The number of hydrogen-bond acceptors (Lipinski definition) is 4. The number of likely N-dealkylation sites (tertiary alicyclic amines) is 1. The van der Waals surface area contributed by atoms with Gasteiger partial charge in [0.15, 0.2) is 0 Å². The summed E-state index contributed by atoms with van der Waals surface area (Å²) in [5.74, 6) is -0.0490. The Bertz CT molecular complexity index is 967. The number of carbonyl (C=O) groups excluding carboxylic acids is 2. The van der Waals surface area contributed by atoms with Crippen LogP contribution in [0.15, 0.2) is 48.5 Å². The Labute approximate surface area is 161 Å². The number of primary amides is 1. The van der Waals surface area contributed by atoms with Crippen LogP contribution in [0.4, 0.5) is 10.5 Å². The Morgan fingerprint density at radius 2 is 2.00 bits per heavy atom. The second-order valence-electron chi connectivity index (χ2n) is 6.60. The number of nitrogens with two attached hydrogens (primary N) is 1. The first-order chi connectivity index (χ1) is 13.1. The molecule has 1 aliphatic rings. The van der Waals surface area contributed by atoms with Crippen molar-refractivity contribution in [2.75, 3.05) is 11.9 Å². The van der Waals surface area contributed by atoms with Crippen LogP contribution >= 0.6 is 11.3 Å². The lowest BCUT2D eigenvalue weighted by Gasteiger charge is -2.34. The number of carbonyl (C=O) groups is 2. The Balaban J connectivity index is 1.64. The second-order valence-corrected chi connectivity index (χ2v) is 7.66. The van der Waals surface area contributed by atoms with Gasteiger partial charge in [0.25, 0.3) is 5.91 Å². The largest absolute Gasteiger partial charge is 0.351 e. The summed E-state index contributed by atoms with van der Waals surface area (Å²) in [4.78, 5) is 31.0. The Morgan fingerprint density at radius 3 is 2.81 bits per heavy atom. The molecule has 2 heterocycles. The molecular weight excluding hydrogens is 360 g/mol. The number of hydrogen-bond donors (Lipinski definition) is 2. The summed E-state index contributed by atoms with van der Waals surface area (Å²) in [5, 5.41) is 3.50. The highest BCUT2D eigenvalue weighted by atomic mass is 32.1. The highest BCUT2D eigenvalue weighted by Gasteiger charge is 2.31. The predicted molar refractivity (Wildman–Crippen MR) is 107 cm³/mol. The van der Waals surface area contributed by atoms with E-state index in [2.05, 4.69) is 11.4 Å². The van der Waals surface area contributed by atoms with Crippen molar-refractivity contribution in [1.29, 1.82) is 0 Å². The number of nitrogens with zero attached hydrogens (tertiary/aromatic N) is 2. The van der Waals surface area contributed by atoms with Gasteiger partial charge in [-0.15, -0.1) is 11.3 Å². The number of urea groups is 1. The number of nitrogens with one attached hydrogen (secondary N) is 1. The third kappa shape index (κ3) is 3.64. The average Bonchev–Trinajstić information content (AvgIpc) is 3.11. The molecule has 0 saturated carbocycles. The molecule has 2 aromatic carbocycles. The molecule has 3 amide bonds. The van der Waals surface area contributed by atoms with Crippen molar-refractivity contribution in [2.24, 2.45) is 5.73 Å². The highest BCUT2D eigenvalue weighted by Crippen LogP contribution is 2.36. The summed E-state index contributed by atoms with van der Waals surface area (Å²) < 4.78 is 1.14. The molecule has 1 saturated heterocycles. The minimum atomic E-state index is -0.648. The van der Waals surface area contributed by atoms with Gasteiger partial charge in [-0.1, -0.05) is 18.2 Å². The minimum absolute atomic E-state index is 0.0172. The summed E-state index contributed by atoms with van der Waals surface area (Å²) >= 11 is 1.65. The lowest BCUT2D eigenvalue weighted by molar-refractivity contribution is 0.0611. The molecule has 138 valence electrons. The zero-order valence-electron chi connectivity index (χ0n) is 14.7. The molecule has 0 bridgehead atoms. The molecule has 27 heavy (non-hydrogen) atoms. The van der Waals surface area contributed by atoms with E-state index >= 15 is 0 Å². The number of thiazole rings is 1. The zero-order valence-corrected chi connectivity index (χ0v) is 15.5. The minimum Gasteiger partial charge on any atom is -0.351 e. The highest BCUT2D eigenvalue weighted by molar-refractivity contribution is 7.18. The fourth-order valence-corrected chi connectivity index (χ4v) is 4.62. The van der Waals surface area contributed by atoms with Crippen molar-refractivity contribution < 1.29 is 9.59 Å². The maximum Gasteiger partial charge on any atom is 0.316 e. The smallest absolute Gasteiger partial charge is 0.316 e. The van der Waals surface area contributed by atoms with E-state index in [4.69, 9.17) is 10.7 Å². The van der Waals surface area contributed by atoms with Crippen LogP contribution in [0.5, 0.6) is 0 Å². The maximum absolute atomic E-state index is 13.2. The van der Waals surface area contributed by atoms with Crippen molar-refractivity contribution >= 4 is 39.2 Å². The molecule has 1 unspecified atom stereocenters. The van der Waals surface area contributed by atoms with Crippen molar-refractivity contribution in [2.45, 2.75) is 25.3 Å². The quantitative estimate of drug-likeness (QED) is 0.715. The van der Waals surface area contributed by atoms with Crippen LogP contribution in [0.3, 0.4) is 0 Å². The van der Waals surface area contributed by atoms with Gasteiger partial charge in [0.1, 0.15) is 5.01 Å². The van der Waals surface area contributed by atoms with E-state index < -0.39 is 6.03 Å². The third-order valence-electron chi connectivity index (χ3n) is 4.74. The molecule has 7 heteroatoms. The fraction of sp³-hybridized carbons (Fsp3) is 0.250. The Morgan fingerprint density at radius 1 is 1.15 bits per heavy atom. The molecule has 0 aliphatic carbocycles. The van der Waals surface area contributed by atoms with Crippen LogP contribution < -0.4 is 11.1 Å². The number of anilines is 1. The van der Waals surface area contributed by atoms with E-state index in [9.17, 15) is 9.59 Å². The lowest BCUT2D eigenvalue weighted by Crippen LogP contribution is -2.38. The first-order valence-electron chi connectivity index (χ1n) is 8.95. The summed E-state index contributed by atoms with van der Waals surface area (Å²) in [6.07, 6.45) is 2.96. The normalized spacial score (nSPS) is 17.0. The van der Waals surface area contributed by atoms with E-state index in [1.807, 2.05) is 23.1 Å². The second kappa shape index (κ2) is 7.36. The van der Waals surface area contributed by atoms with Crippen LogP contribution in [-0.2, 0) is 0 Å². The number of benzene rings is 2. The molecule has 1 atom stereocenters. The maximum atomic E-state index is 13.2. The summed E-state index contributed by atoms with van der Waals surface area (Å²) in [5.41, 5.74) is 7.20. The van der Waals surface area contributed by atoms with Crippen molar-refractivity contribution in [1.82, 2.24) is 9.88 Å². The van der Waals surface area contributed by atoms with E-state index in [-0.39, 0.29) is 11.9 Å². The van der Waals surface area contributed by atoms with E-state index in [1.54, 1.807) is 35.6 Å². The number of aromatic nitrogens is 1. The first-order valence-corrected chi connectivity index (χ1v) is 9.76. The SMILES string of the molecule is NC(=O)Nc1cccc(C(=O)N2CCCCC2c2nc3ccccc3s2)c1. The fourth-order valence-electron chi connectivity index (χ4n) is 3.50. The molecule has 4 rings (SSSR count). The Kier molecular flexibility index (Phi) is 4.77. The molecule has 0 spiro atoms. The van der Waals surface area contributed by atoms with Crippen LogP contribution in [0, 0.1) is 0 Å². The molecule has 3 N–H and O–H groups in total. The van der Waals surface area contributed by atoms with Gasteiger partial charge in [-0.3, -0.25) is 4.79 Å². The van der Waals surface area contributed by atoms with Gasteiger partial charge in [-0.25, -0.2) is 9.78 Å². The van der Waals surface area contributed by atoms with Gasteiger partial charge in [0.05, 0.1) is 16.3 Å². The van der Waals surface area contributed by atoms with Gasteiger partial charge < -0.3 is 16.0 Å².